The van der Waals surface area contributed by atoms with Gasteiger partial charge in [0.25, 0.3) is 12.3 Å². The smallest absolute Gasteiger partial charge is 0.424 e. The highest BCUT2D eigenvalue weighted by molar-refractivity contribution is 6.00. The highest BCUT2D eigenvalue weighted by atomic mass is 19.4. The molecule has 18 heteroatoms. The van der Waals surface area contributed by atoms with Crippen LogP contribution >= 0.6 is 0 Å². The van der Waals surface area contributed by atoms with Gasteiger partial charge >= 0.3 is 12.4 Å². The molecular weight excluding hydrogens is 667 g/mol. The van der Waals surface area contributed by atoms with E-state index in [-0.39, 0.29) is 22.2 Å². The quantitative estimate of drug-likeness (QED) is 0.221. The van der Waals surface area contributed by atoms with E-state index in [1.807, 2.05) is 5.32 Å². The topological polar surface area (TPSA) is 137 Å². The van der Waals surface area contributed by atoms with Gasteiger partial charge in [0.15, 0.2) is 5.41 Å². The number of ether oxygens (including phenoxy) is 2. The maximum absolute atomic E-state index is 14.7. The van der Waals surface area contributed by atoms with Gasteiger partial charge in [0, 0.05) is 28.3 Å². The lowest BCUT2D eigenvalue weighted by atomic mass is 9.80. The van der Waals surface area contributed by atoms with Crippen LogP contribution in [0.25, 0.3) is 22.2 Å². The van der Waals surface area contributed by atoms with Crippen LogP contribution in [0.4, 0.5) is 39.5 Å². The fraction of sp³-hybridized carbons (Fsp3) is 0.267. The third kappa shape index (κ3) is 5.69. The number of aliphatic hydroxyl groups is 1. The zero-order chi connectivity index (χ0) is 35.4. The Kier molecular flexibility index (Phi) is 8.44. The molecule has 2 atom stereocenters. The Morgan fingerprint density at radius 2 is 1.75 bits per heavy atom. The molecule has 0 spiro atoms. The number of benzene rings is 2. The van der Waals surface area contributed by atoms with E-state index in [0.29, 0.717) is 18.3 Å². The molecule has 0 radical (unpaired) electrons. The van der Waals surface area contributed by atoms with Crippen molar-refractivity contribution in [3.8, 4) is 22.8 Å². The van der Waals surface area contributed by atoms with E-state index in [1.165, 1.54) is 0 Å². The first-order chi connectivity index (χ1) is 22.3. The lowest BCUT2D eigenvalue weighted by Gasteiger charge is -2.32. The van der Waals surface area contributed by atoms with Gasteiger partial charge in [-0.2, -0.15) is 26.3 Å². The predicted molar refractivity (Wildman–Crippen MR) is 148 cm³/mol. The number of aromatic nitrogens is 2. The van der Waals surface area contributed by atoms with Gasteiger partial charge in [-0.3, -0.25) is 14.6 Å². The molecule has 0 aliphatic carbocycles. The Labute approximate surface area is 263 Å². The van der Waals surface area contributed by atoms with Crippen LogP contribution in [0.1, 0.15) is 27.2 Å². The summed E-state index contributed by atoms with van der Waals surface area (Å²) in [6, 6.07) is 6.66. The van der Waals surface area contributed by atoms with E-state index in [2.05, 4.69) is 9.97 Å². The summed E-state index contributed by atoms with van der Waals surface area (Å²) in [6.07, 6.45) is -13.6. The van der Waals surface area contributed by atoms with Gasteiger partial charge in [-0.15, -0.1) is 0 Å². The molecule has 0 saturated carbocycles. The summed E-state index contributed by atoms with van der Waals surface area (Å²) in [6.45, 7) is -2.82. The Morgan fingerprint density at radius 1 is 1.08 bits per heavy atom. The van der Waals surface area contributed by atoms with Crippen LogP contribution in [0.5, 0.6) is 11.5 Å². The summed E-state index contributed by atoms with van der Waals surface area (Å²) in [5, 5.41) is 12.7. The molecule has 254 valence electrons. The largest absolute Gasteiger partial charge is 0.494 e. The van der Waals surface area contributed by atoms with E-state index >= 15 is 0 Å². The van der Waals surface area contributed by atoms with E-state index in [0.717, 1.165) is 43.5 Å². The van der Waals surface area contributed by atoms with Gasteiger partial charge < -0.3 is 25.6 Å². The second-order valence-corrected chi connectivity index (χ2v) is 10.7. The second kappa shape index (κ2) is 11.8. The van der Waals surface area contributed by atoms with Crippen LogP contribution in [0.2, 0.25) is 0 Å². The van der Waals surface area contributed by atoms with Crippen LogP contribution in [0.3, 0.4) is 0 Å². The fourth-order valence-corrected chi connectivity index (χ4v) is 5.09. The summed E-state index contributed by atoms with van der Waals surface area (Å²) in [5.74, 6) is -4.57. The van der Waals surface area contributed by atoms with Gasteiger partial charge in [-0.05, 0) is 48.5 Å². The average Bonchev–Trinajstić information content (AvgIpc) is 3.42. The number of nitrogens with one attached hydrogen (secondary N) is 1. The van der Waals surface area contributed by atoms with Crippen molar-refractivity contribution in [1.29, 1.82) is 0 Å². The Balaban J connectivity index is 1.61. The third-order valence-electron chi connectivity index (χ3n) is 7.78. The molecule has 4 N–H and O–H groups in total. The standard InChI is InChI=1S/C30H21F9N4O5/c1-47-19-8-15(6-14-7-16(29(34,35)36)10-41-21(14)19)24(44)42-11-28(46,30(37,38)39)20-9-18-23(48-12-27(18,25(32)33)26(40)45)22(43-20)13-2-4-17(31)5-3-13/h2-10,25,46H,11-12H2,1H3,(H2,40,45)(H,42,44). The molecule has 4 aromatic rings. The first-order valence-corrected chi connectivity index (χ1v) is 13.5. The fourth-order valence-electron chi connectivity index (χ4n) is 5.09. The van der Waals surface area contributed by atoms with E-state index in [1.54, 1.807) is 0 Å². The van der Waals surface area contributed by atoms with Crippen molar-refractivity contribution >= 4 is 22.7 Å². The number of nitrogens with two attached hydrogens (primary N) is 1. The molecule has 2 aromatic heterocycles. The van der Waals surface area contributed by atoms with Gasteiger partial charge in [-0.25, -0.2) is 18.2 Å². The number of fused-ring (bicyclic) bond motifs is 2. The molecule has 5 rings (SSSR count). The summed E-state index contributed by atoms with van der Waals surface area (Å²) in [4.78, 5) is 33.0. The maximum Gasteiger partial charge on any atom is 0.424 e. The molecule has 0 bridgehead atoms. The number of carbonyl (C=O) groups excluding carboxylic acids is 2. The number of primary amides is 1. The number of carbonyl (C=O) groups is 2. The van der Waals surface area contributed by atoms with Crippen molar-refractivity contribution in [1.82, 2.24) is 15.3 Å². The lowest BCUT2D eigenvalue weighted by molar-refractivity contribution is -0.265. The Bertz CT molecular complexity index is 1920. The van der Waals surface area contributed by atoms with Gasteiger partial charge in [0.2, 0.25) is 11.5 Å². The molecule has 0 saturated heterocycles. The number of hydrogen-bond acceptors (Lipinski definition) is 7. The highest BCUT2D eigenvalue weighted by Crippen LogP contribution is 2.50. The Hall–Kier alpha value is -5.13. The van der Waals surface area contributed by atoms with Crippen molar-refractivity contribution in [3.63, 3.8) is 0 Å². The van der Waals surface area contributed by atoms with Crippen LogP contribution in [0, 0.1) is 5.82 Å². The zero-order valence-corrected chi connectivity index (χ0v) is 24.1. The van der Waals surface area contributed by atoms with E-state index in [9.17, 15) is 54.2 Å². The molecule has 1 aliphatic heterocycles. The Morgan fingerprint density at radius 3 is 2.31 bits per heavy atom. The third-order valence-corrected chi connectivity index (χ3v) is 7.78. The van der Waals surface area contributed by atoms with Crippen LogP contribution < -0.4 is 20.5 Å². The van der Waals surface area contributed by atoms with Crippen LogP contribution in [-0.2, 0) is 22.0 Å². The van der Waals surface area contributed by atoms with Gasteiger partial charge in [0.05, 0.1) is 24.9 Å². The molecule has 48 heavy (non-hydrogen) atoms. The number of hydrogen-bond donors (Lipinski definition) is 3. The molecule has 9 nitrogen and oxygen atoms in total. The summed E-state index contributed by atoms with van der Waals surface area (Å²) in [5.41, 5.74) is -6.64. The van der Waals surface area contributed by atoms with Crippen molar-refractivity contribution in [3.05, 3.63) is 82.9 Å². The minimum atomic E-state index is -5.69. The lowest BCUT2D eigenvalue weighted by Crippen LogP contribution is -2.52. The molecular formula is C30H21F9N4O5. The van der Waals surface area contributed by atoms with Gasteiger partial charge in [0.1, 0.15) is 35.1 Å². The van der Waals surface area contributed by atoms with Crippen molar-refractivity contribution in [2.75, 3.05) is 20.3 Å². The minimum Gasteiger partial charge on any atom is -0.494 e. The minimum absolute atomic E-state index is 0.108. The average molecular weight is 689 g/mol. The van der Waals surface area contributed by atoms with Crippen LogP contribution in [0.15, 0.2) is 54.7 Å². The number of amides is 2. The molecule has 2 aromatic carbocycles. The van der Waals surface area contributed by atoms with Gasteiger partial charge in [-0.1, -0.05) is 0 Å². The van der Waals surface area contributed by atoms with Crippen molar-refractivity contribution in [2.24, 2.45) is 5.73 Å². The number of methoxy groups -OCH3 is 1. The van der Waals surface area contributed by atoms with Crippen LogP contribution in [-0.4, -0.2) is 59.8 Å². The number of rotatable bonds is 8. The number of alkyl halides is 8. The van der Waals surface area contributed by atoms with E-state index < -0.39 is 94.4 Å². The zero-order valence-electron chi connectivity index (χ0n) is 24.1. The number of nitrogens with zero attached hydrogens (tertiary/aromatic N) is 2. The van der Waals surface area contributed by atoms with E-state index in [4.69, 9.17) is 15.2 Å². The molecule has 3 heterocycles. The van der Waals surface area contributed by atoms with Crippen molar-refractivity contribution < 1.29 is 63.7 Å². The number of pyridine rings is 2. The molecule has 0 fully saturated rings. The predicted octanol–water partition coefficient (Wildman–Crippen LogP) is 5.02. The molecule has 2 unspecified atom stereocenters. The molecule has 1 aliphatic rings. The van der Waals surface area contributed by atoms with Crippen molar-refractivity contribution in [2.45, 2.75) is 29.8 Å². The summed E-state index contributed by atoms with van der Waals surface area (Å²) in [7, 11) is 1.10. The molecule has 2 amide bonds. The SMILES string of the molecule is COc1cc(C(=O)NCC(O)(c2cc3c(c(-c4ccc(F)cc4)n2)OCC3(C(N)=O)C(F)F)C(F)(F)F)cc2cc(C(F)(F)F)cnc12. The first kappa shape index (κ1) is 34.2. The first-order valence-electron chi connectivity index (χ1n) is 13.5. The summed E-state index contributed by atoms with van der Waals surface area (Å²) >= 11 is 0. The highest BCUT2D eigenvalue weighted by Gasteiger charge is 2.60. The summed E-state index contributed by atoms with van der Waals surface area (Å²) < 4.78 is 137. The normalized spacial score (nSPS) is 17.5. The monoisotopic (exact) mass is 688 g/mol. The maximum atomic E-state index is 14.7. The second-order valence-electron chi connectivity index (χ2n) is 10.7. The number of halogens is 9.